The maximum Gasteiger partial charge on any atom is 0.333 e. The van der Waals surface area contributed by atoms with E-state index in [4.69, 9.17) is 14.2 Å². The van der Waals surface area contributed by atoms with E-state index in [0.717, 1.165) is 44.4 Å². The average molecular weight is 437 g/mol. The Kier molecular flexibility index (Phi) is 12.1. The molecule has 0 aliphatic heterocycles. The van der Waals surface area contributed by atoms with E-state index >= 15 is 0 Å². The summed E-state index contributed by atoms with van der Waals surface area (Å²) in [6.07, 6.45) is 18.2. The minimum atomic E-state index is -0.384. The molecule has 0 bridgehead atoms. The summed E-state index contributed by atoms with van der Waals surface area (Å²) in [6, 6.07) is 0. The number of unbranched alkanes of at least 4 members (excludes halogenated alkanes) is 2. The molecular weight excluding hydrogens is 392 g/mol. The number of rotatable bonds is 13. The molecule has 31 heavy (non-hydrogen) atoms. The number of carbonyl (C=O) groups excluding carboxylic acids is 1. The van der Waals surface area contributed by atoms with Gasteiger partial charge in [-0.2, -0.15) is 0 Å². The minimum Gasteiger partial charge on any atom is -0.495 e. The smallest absolute Gasteiger partial charge is 0.333 e. The molecule has 5 nitrogen and oxygen atoms in total. The largest absolute Gasteiger partial charge is 0.495 e. The molecule has 1 atom stereocenters. The number of ether oxygens (including phenoxy) is 3. The Morgan fingerprint density at radius 2 is 1.58 bits per heavy atom. The molecule has 2 aliphatic rings. The first-order chi connectivity index (χ1) is 15.0. The van der Waals surface area contributed by atoms with Crippen molar-refractivity contribution in [1.82, 2.24) is 0 Å². The molecule has 5 heteroatoms. The molecule has 0 heterocycles. The lowest BCUT2D eigenvalue weighted by Crippen LogP contribution is -2.30. The van der Waals surface area contributed by atoms with Gasteiger partial charge in [0, 0.05) is 18.1 Å². The highest BCUT2D eigenvalue weighted by Gasteiger charge is 2.29. The molecular formula is C26H44O5. The van der Waals surface area contributed by atoms with Crippen LogP contribution in [0.3, 0.4) is 0 Å². The van der Waals surface area contributed by atoms with E-state index in [1.165, 1.54) is 38.5 Å². The maximum absolute atomic E-state index is 11.6. The van der Waals surface area contributed by atoms with Crippen molar-refractivity contribution >= 4 is 5.97 Å². The first-order valence-corrected chi connectivity index (χ1v) is 12.4. The topological polar surface area (TPSA) is 65.0 Å². The zero-order valence-corrected chi connectivity index (χ0v) is 19.7. The predicted octanol–water partition coefficient (Wildman–Crippen LogP) is 5.92. The Labute approximate surface area is 189 Å². The second-order valence-electron chi connectivity index (χ2n) is 9.54. The molecule has 178 valence electrons. The lowest BCUT2D eigenvalue weighted by Gasteiger charge is -2.32. The summed E-state index contributed by atoms with van der Waals surface area (Å²) in [5.74, 6) is 0.857. The van der Waals surface area contributed by atoms with Gasteiger partial charge < -0.3 is 19.3 Å². The third-order valence-corrected chi connectivity index (χ3v) is 7.00. The van der Waals surface area contributed by atoms with Crippen molar-refractivity contribution in [2.75, 3.05) is 13.2 Å². The third-order valence-electron chi connectivity index (χ3n) is 7.00. The van der Waals surface area contributed by atoms with Gasteiger partial charge in [-0.15, -0.1) is 0 Å². The lowest BCUT2D eigenvalue weighted by molar-refractivity contribution is -0.141. The van der Waals surface area contributed by atoms with Gasteiger partial charge >= 0.3 is 5.97 Å². The van der Waals surface area contributed by atoms with Gasteiger partial charge in [-0.3, -0.25) is 0 Å². The molecule has 2 aliphatic carbocycles. The molecule has 0 aromatic rings. The molecule has 2 rings (SSSR count). The Balaban J connectivity index is 1.58. The van der Waals surface area contributed by atoms with Crippen LogP contribution in [-0.2, 0) is 19.0 Å². The van der Waals surface area contributed by atoms with Gasteiger partial charge in [0.25, 0.3) is 0 Å². The van der Waals surface area contributed by atoms with Crippen molar-refractivity contribution < 1.29 is 24.1 Å². The van der Waals surface area contributed by atoms with Crippen LogP contribution in [0.2, 0.25) is 0 Å². The van der Waals surface area contributed by atoms with Crippen LogP contribution in [0.1, 0.15) is 90.9 Å². The van der Waals surface area contributed by atoms with E-state index in [-0.39, 0.29) is 31.2 Å². The summed E-state index contributed by atoms with van der Waals surface area (Å²) < 4.78 is 17.0. The SMILES string of the molecule is C=C(C)C(=O)OCC(CO)C1CCC(O/C=C\OC2CCC(CCCCC)CC2)CC1. The van der Waals surface area contributed by atoms with Crippen LogP contribution in [0.5, 0.6) is 0 Å². The van der Waals surface area contributed by atoms with Gasteiger partial charge in [0.05, 0.1) is 18.8 Å². The van der Waals surface area contributed by atoms with E-state index in [9.17, 15) is 9.90 Å². The highest BCUT2D eigenvalue weighted by atomic mass is 16.5. The van der Waals surface area contributed by atoms with Crippen molar-refractivity contribution in [3.8, 4) is 0 Å². The first-order valence-electron chi connectivity index (χ1n) is 12.4. The van der Waals surface area contributed by atoms with Gasteiger partial charge in [-0.1, -0.05) is 39.2 Å². The number of hydrogen-bond acceptors (Lipinski definition) is 5. The van der Waals surface area contributed by atoms with Gasteiger partial charge in [0.15, 0.2) is 0 Å². The van der Waals surface area contributed by atoms with E-state index in [1.807, 2.05) is 0 Å². The fraction of sp³-hybridized carbons (Fsp3) is 0.808. The average Bonchev–Trinajstić information content (AvgIpc) is 2.79. The molecule has 0 spiro atoms. The van der Waals surface area contributed by atoms with Crippen LogP contribution in [0.15, 0.2) is 24.7 Å². The van der Waals surface area contributed by atoms with Crippen molar-refractivity contribution in [2.45, 2.75) is 103 Å². The van der Waals surface area contributed by atoms with Crippen LogP contribution in [0.25, 0.3) is 0 Å². The molecule has 2 saturated carbocycles. The van der Waals surface area contributed by atoms with Crippen LogP contribution in [0, 0.1) is 17.8 Å². The molecule has 2 fully saturated rings. The molecule has 0 saturated heterocycles. The molecule has 0 amide bonds. The highest BCUT2D eigenvalue weighted by Crippen LogP contribution is 2.32. The summed E-state index contributed by atoms with van der Waals surface area (Å²) >= 11 is 0. The van der Waals surface area contributed by atoms with E-state index in [1.54, 1.807) is 19.4 Å². The Bertz CT molecular complexity index is 542. The van der Waals surface area contributed by atoms with E-state index in [2.05, 4.69) is 13.5 Å². The van der Waals surface area contributed by atoms with Crippen LogP contribution < -0.4 is 0 Å². The number of carbonyl (C=O) groups is 1. The quantitative estimate of drug-likeness (QED) is 0.168. The normalized spacial score (nSPS) is 27.6. The summed E-state index contributed by atoms with van der Waals surface area (Å²) in [5, 5.41) is 9.69. The Morgan fingerprint density at radius 1 is 1.00 bits per heavy atom. The Hall–Kier alpha value is -1.49. The van der Waals surface area contributed by atoms with Gasteiger partial charge in [-0.25, -0.2) is 4.79 Å². The standard InChI is InChI=1S/C26H44O5/c1-4-5-6-7-21-8-12-24(13-9-21)29-16-17-30-25-14-10-22(11-15-25)23(18-27)19-31-26(28)20(2)3/h16-17,21-25,27H,2,4-15,18-19H2,1,3H3/b17-16-. The van der Waals surface area contributed by atoms with Crippen molar-refractivity contribution in [2.24, 2.45) is 17.8 Å². The van der Waals surface area contributed by atoms with Crippen LogP contribution in [0.4, 0.5) is 0 Å². The molecule has 1 unspecified atom stereocenters. The van der Waals surface area contributed by atoms with Crippen LogP contribution in [-0.4, -0.2) is 36.5 Å². The van der Waals surface area contributed by atoms with Gasteiger partial charge in [0.1, 0.15) is 12.5 Å². The Morgan fingerprint density at radius 3 is 2.10 bits per heavy atom. The highest BCUT2D eigenvalue weighted by molar-refractivity contribution is 5.86. The summed E-state index contributed by atoms with van der Waals surface area (Å²) in [5.41, 5.74) is 0.392. The van der Waals surface area contributed by atoms with Gasteiger partial charge in [0.2, 0.25) is 0 Å². The fourth-order valence-electron chi connectivity index (χ4n) is 4.87. The fourth-order valence-corrected chi connectivity index (χ4v) is 4.87. The monoisotopic (exact) mass is 436 g/mol. The van der Waals surface area contributed by atoms with E-state index in [0.29, 0.717) is 17.6 Å². The summed E-state index contributed by atoms with van der Waals surface area (Å²) in [7, 11) is 0. The molecule has 0 radical (unpaired) electrons. The number of aliphatic hydroxyl groups excluding tert-OH is 1. The van der Waals surface area contributed by atoms with Gasteiger partial charge in [-0.05, 0) is 70.1 Å². The zero-order chi connectivity index (χ0) is 22.5. The second kappa shape index (κ2) is 14.5. The summed E-state index contributed by atoms with van der Waals surface area (Å²) in [4.78, 5) is 11.6. The second-order valence-corrected chi connectivity index (χ2v) is 9.54. The summed E-state index contributed by atoms with van der Waals surface area (Å²) in [6.45, 7) is 7.79. The van der Waals surface area contributed by atoms with Crippen molar-refractivity contribution in [3.63, 3.8) is 0 Å². The zero-order valence-electron chi connectivity index (χ0n) is 19.7. The number of aliphatic hydroxyl groups is 1. The number of esters is 1. The molecule has 1 N–H and O–H groups in total. The molecule has 0 aromatic heterocycles. The number of hydrogen-bond donors (Lipinski definition) is 1. The van der Waals surface area contributed by atoms with Crippen molar-refractivity contribution in [1.29, 1.82) is 0 Å². The maximum atomic E-state index is 11.6. The third kappa shape index (κ3) is 9.67. The van der Waals surface area contributed by atoms with Crippen molar-refractivity contribution in [3.05, 3.63) is 24.7 Å². The molecule has 0 aromatic carbocycles. The minimum absolute atomic E-state index is 0.0137. The lowest BCUT2D eigenvalue weighted by atomic mass is 9.79. The predicted molar refractivity (Wildman–Crippen MR) is 123 cm³/mol. The van der Waals surface area contributed by atoms with E-state index < -0.39 is 0 Å². The van der Waals surface area contributed by atoms with Crippen LogP contribution >= 0.6 is 0 Å². The first kappa shape index (κ1) is 25.8.